The summed E-state index contributed by atoms with van der Waals surface area (Å²) in [5.74, 6) is -0.280. The molecule has 1 N–H and O–H groups in total. The summed E-state index contributed by atoms with van der Waals surface area (Å²) in [7, 11) is 0. The van der Waals surface area contributed by atoms with Gasteiger partial charge in [0.05, 0.1) is 19.3 Å². The highest BCUT2D eigenvalue weighted by Crippen LogP contribution is 2.17. The second-order valence-corrected chi connectivity index (χ2v) is 6.23. The Balaban J connectivity index is 1.46. The predicted octanol–water partition coefficient (Wildman–Crippen LogP) is 1.46. The lowest BCUT2D eigenvalue weighted by molar-refractivity contribution is -0.0254. The van der Waals surface area contributed by atoms with Gasteiger partial charge in [0.15, 0.2) is 0 Å². The maximum atomic E-state index is 13.0. The van der Waals surface area contributed by atoms with Crippen LogP contribution in [0, 0.1) is 5.82 Å². The minimum absolute atomic E-state index is 0.0245. The summed E-state index contributed by atoms with van der Waals surface area (Å²) < 4.78 is 23.6. The zero-order valence-corrected chi connectivity index (χ0v) is 14.3. The summed E-state index contributed by atoms with van der Waals surface area (Å²) in [6.45, 7) is 3.03. The summed E-state index contributed by atoms with van der Waals surface area (Å²) in [5.41, 5.74) is 0.913. The number of carbonyl (C=O) groups excluding carboxylic acids is 1. The molecular weight excluding hydrogens is 345 g/mol. The number of halogens is 1. The van der Waals surface area contributed by atoms with E-state index in [0.717, 1.165) is 5.69 Å². The van der Waals surface area contributed by atoms with Gasteiger partial charge in [-0.05, 0) is 24.3 Å². The fraction of sp³-hybridized carbons (Fsp3) is 0.529. The van der Waals surface area contributed by atoms with Crippen LogP contribution in [0.25, 0.3) is 0 Å². The first-order valence-corrected chi connectivity index (χ1v) is 8.54. The molecule has 8 nitrogen and oxygen atoms in total. The fourth-order valence-electron chi connectivity index (χ4n) is 3.10. The van der Waals surface area contributed by atoms with Crippen molar-refractivity contribution in [1.82, 2.24) is 9.80 Å². The molecule has 142 valence electrons. The van der Waals surface area contributed by atoms with Crippen molar-refractivity contribution < 1.29 is 28.6 Å². The van der Waals surface area contributed by atoms with Gasteiger partial charge in [-0.25, -0.2) is 14.0 Å². The lowest BCUT2D eigenvalue weighted by atomic mass is 10.2. The number of hydrogen-bond acceptors (Lipinski definition) is 5. The highest BCUT2D eigenvalue weighted by atomic mass is 19.1. The maximum Gasteiger partial charge on any atom is 0.409 e. The molecule has 2 heterocycles. The Bertz CT molecular complexity index is 634. The molecule has 1 aromatic carbocycles. The van der Waals surface area contributed by atoms with Crippen LogP contribution < -0.4 is 4.90 Å². The monoisotopic (exact) mass is 367 g/mol. The van der Waals surface area contributed by atoms with Crippen LogP contribution in [0.1, 0.15) is 0 Å². The minimum atomic E-state index is -1.04. The van der Waals surface area contributed by atoms with E-state index in [9.17, 15) is 14.0 Å². The van der Waals surface area contributed by atoms with Gasteiger partial charge < -0.3 is 24.4 Å². The Morgan fingerprint density at radius 1 is 1.15 bits per heavy atom. The van der Waals surface area contributed by atoms with Gasteiger partial charge in [0.2, 0.25) is 0 Å². The quantitative estimate of drug-likeness (QED) is 0.871. The van der Waals surface area contributed by atoms with Crippen molar-refractivity contribution in [2.75, 3.05) is 57.4 Å². The maximum absolute atomic E-state index is 13.0. The lowest BCUT2D eigenvalue weighted by Crippen LogP contribution is -2.52. The summed E-state index contributed by atoms with van der Waals surface area (Å²) >= 11 is 0. The fourth-order valence-corrected chi connectivity index (χ4v) is 3.10. The second kappa shape index (κ2) is 8.22. The summed E-state index contributed by atoms with van der Waals surface area (Å²) in [4.78, 5) is 28.3. The van der Waals surface area contributed by atoms with Crippen LogP contribution in [-0.2, 0) is 9.47 Å². The predicted molar refractivity (Wildman–Crippen MR) is 90.9 cm³/mol. The van der Waals surface area contributed by atoms with Crippen molar-refractivity contribution >= 4 is 17.9 Å². The van der Waals surface area contributed by atoms with Gasteiger partial charge >= 0.3 is 12.2 Å². The first-order chi connectivity index (χ1) is 12.5. The van der Waals surface area contributed by atoms with Gasteiger partial charge in [-0.1, -0.05) is 0 Å². The number of nitrogens with zero attached hydrogens (tertiary/aromatic N) is 3. The zero-order chi connectivity index (χ0) is 18.5. The SMILES string of the molecule is O=C(OC[C@H]1COCCN1C(=O)O)N1CCN(c2ccc(F)cc2)CC1. The highest BCUT2D eigenvalue weighted by molar-refractivity contribution is 5.68. The van der Waals surface area contributed by atoms with E-state index in [1.165, 1.54) is 17.0 Å². The number of amides is 2. The minimum Gasteiger partial charge on any atom is -0.465 e. The van der Waals surface area contributed by atoms with Crippen molar-refractivity contribution in [1.29, 1.82) is 0 Å². The van der Waals surface area contributed by atoms with Crippen LogP contribution in [0.4, 0.5) is 19.7 Å². The van der Waals surface area contributed by atoms with Crippen molar-refractivity contribution in [3.8, 4) is 0 Å². The number of carbonyl (C=O) groups is 2. The average molecular weight is 367 g/mol. The van der Waals surface area contributed by atoms with Crippen molar-refractivity contribution in [2.45, 2.75) is 6.04 Å². The third-order valence-corrected chi connectivity index (χ3v) is 4.60. The van der Waals surface area contributed by atoms with E-state index in [0.29, 0.717) is 32.8 Å². The Kier molecular flexibility index (Phi) is 5.77. The van der Waals surface area contributed by atoms with Crippen molar-refractivity contribution in [2.24, 2.45) is 0 Å². The molecule has 0 aromatic heterocycles. The van der Waals surface area contributed by atoms with E-state index in [1.54, 1.807) is 17.0 Å². The van der Waals surface area contributed by atoms with Gasteiger partial charge in [-0.15, -0.1) is 0 Å². The highest BCUT2D eigenvalue weighted by Gasteiger charge is 2.29. The number of morpholine rings is 1. The van der Waals surface area contributed by atoms with Crippen molar-refractivity contribution in [3.05, 3.63) is 30.1 Å². The van der Waals surface area contributed by atoms with Crippen LogP contribution in [-0.4, -0.2) is 85.7 Å². The van der Waals surface area contributed by atoms with Crippen LogP contribution in [0.2, 0.25) is 0 Å². The molecule has 0 spiro atoms. The third kappa shape index (κ3) is 4.34. The van der Waals surface area contributed by atoms with Crippen LogP contribution in [0.15, 0.2) is 24.3 Å². The molecule has 1 atom stereocenters. The molecule has 26 heavy (non-hydrogen) atoms. The third-order valence-electron chi connectivity index (χ3n) is 4.60. The lowest BCUT2D eigenvalue weighted by Gasteiger charge is -2.36. The summed E-state index contributed by atoms with van der Waals surface area (Å²) in [6.07, 6.45) is -1.50. The zero-order valence-electron chi connectivity index (χ0n) is 14.3. The number of benzene rings is 1. The number of piperazine rings is 1. The molecule has 3 rings (SSSR count). The number of hydrogen-bond donors (Lipinski definition) is 1. The molecule has 2 fully saturated rings. The van der Waals surface area contributed by atoms with E-state index < -0.39 is 18.2 Å². The molecule has 0 bridgehead atoms. The second-order valence-electron chi connectivity index (χ2n) is 6.23. The Labute approximate surface area is 150 Å². The van der Waals surface area contributed by atoms with Gasteiger partial charge in [-0.2, -0.15) is 0 Å². The molecule has 0 unspecified atom stereocenters. The van der Waals surface area contributed by atoms with E-state index in [4.69, 9.17) is 14.6 Å². The number of ether oxygens (including phenoxy) is 2. The van der Waals surface area contributed by atoms with Gasteiger partial charge in [0.1, 0.15) is 12.4 Å². The molecule has 9 heteroatoms. The average Bonchev–Trinajstić information content (AvgIpc) is 2.67. The first kappa shape index (κ1) is 18.2. The molecule has 2 amide bonds. The largest absolute Gasteiger partial charge is 0.465 e. The smallest absolute Gasteiger partial charge is 0.409 e. The number of anilines is 1. The molecule has 1 aromatic rings. The number of carboxylic acid groups (broad SMARTS) is 1. The van der Waals surface area contributed by atoms with Crippen LogP contribution in [0.3, 0.4) is 0 Å². The Hall–Kier alpha value is -2.55. The molecule has 0 radical (unpaired) electrons. The van der Waals surface area contributed by atoms with Crippen molar-refractivity contribution in [3.63, 3.8) is 0 Å². The van der Waals surface area contributed by atoms with E-state index in [1.807, 2.05) is 0 Å². The normalized spacial score (nSPS) is 20.8. The molecule has 2 aliphatic heterocycles. The standard InChI is InChI=1S/C17H22FN3O5/c18-13-1-3-14(4-2-13)19-5-7-20(8-6-19)17(24)26-12-15-11-25-10-9-21(15)16(22)23/h1-4,15H,5-12H2,(H,22,23)/t15-/m1/s1. The first-order valence-electron chi connectivity index (χ1n) is 8.54. The van der Waals surface area contributed by atoms with Gasteiger partial charge in [-0.3, -0.25) is 4.90 Å². The topological polar surface area (TPSA) is 82.5 Å². The van der Waals surface area contributed by atoms with E-state index in [2.05, 4.69) is 4.90 Å². The Morgan fingerprint density at radius 2 is 1.85 bits per heavy atom. The van der Waals surface area contributed by atoms with Crippen LogP contribution in [0.5, 0.6) is 0 Å². The molecule has 0 aliphatic carbocycles. The van der Waals surface area contributed by atoms with E-state index in [-0.39, 0.29) is 25.6 Å². The molecule has 2 saturated heterocycles. The van der Waals surface area contributed by atoms with E-state index >= 15 is 0 Å². The summed E-state index contributed by atoms with van der Waals surface area (Å²) in [6, 6.07) is 5.78. The summed E-state index contributed by atoms with van der Waals surface area (Å²) in [5, 5.41) is 9.17. The van der Waals surface area contributed by atoms with Gasteiger partial charge in [0, 0.05) is 38.4 Å². The molecule has 0 saturated carbocycles. The molecule has 2 aliphatic rings. The Morgan fingerprint density at radius 3 is 2.50 bits per heavy atom. The van der Waals surface area contributed by atoms with Gasteiger partial charge in [0.25, 0.3) is 0 Å². The van der Waals surface area contributed by atoms with Crippen LogP contribution >= 0.6 is 0 Å². The number of rotatable bonds is 3. The molecular formula is C17H22FN3O5.